The van der Waals surface area contributed by atoms with Crippen LogP contribution in [-0.4, -0.2) is 13.1 Å². The second kappa shape index (κ2) is 4.69. The number of hydrogen-bond acceptors (Lipinski definition) is 2. The van der Waals surface area contributed by atoms with Crippen molar-refractivity contribution in [2.75, 3.05) is 18.0 Å². The van der Waals surface area contributed by atoms with Gasteiger partial charge in [-0.15, -0.1) is 0 Å². The standard InChI is InChI=1S/C15H22N2/c16-15(12-4-3-5-12)13-6-8-14(9-7-13)17-10-1-2-11-17/h6-9,12,15H,1-5,10-11,16H2/t15-/m0/s1. The van der Waals surface area contributed by atoms with Gasteiger partial charge in [-0.3, -0.25) is 0 Å². The molecule has 0 amide bonds. The Morgan fingerprint density at radius 3 is 2.18 bits per heavy atom. The Morgan fingerprint density at radius 1 is 1.00 bits per heavy atom. The molecular weight excluding hydrogens is 208 g/mol. The monoisotopic (exact) mass is 230 g/mol. The molecule has 92 valence electrons. The fraction of sp³-hybridized carbons (Fsp3) is 0.600. The molecule has 1 heterocycles. The van der Waals surface area contributed by atoms with Gasteiger partial charge >= 0.3 is 0 Å². The van der Waals surface area contributed by atoms with Gasteiger partial charge in [0, 0.05) is 24.8 Å². The molecule has 0 aromatic heterocycles. The third kappa shape index (κ3) is 2.19. The molecule has 3 rings (SSSR count). The lowest BCUT2D eigenvalue weighted by molar-refractivity contribution is 0.264. The molecule has 1 saturated carbocycles. The van der Waals surface area contributed by atoms with Crippen molar-refractivity contribution in [3.8, 4) is 0 Å². The summed E-state index contributed by atoms with van der Waals surface area (Å²) >= 11 is 0. The Kier molecular flexibility index (Phi) is 3.06. The van der Waals surface area contributed by atoms with Crippen molar-refractivity contribution in [3.63, 3.8) is 0 Å². The summed E-state index contributed by atoms with van der Waals surface area (Å²) < 4.78 is 0. The van der Waals surface area contributed by atoms with Crippen molar-refractivity contribution in [3.05, 3.63) is 29.8 Å². The van der Waals surface area contributed by atoms with E-state index in [0.717, 1.165) is 5.92 Å². The zero-order valence-corrected chi connectivity index (χ0v) is 10.4. The SMILES string of the molecule is N[C@H](c1ccc(N2CCCC2)cc1)C1CCC1. The van der Waals surface area contributed by atoms with Gasteiger partial charge in [-0.25, -0.2) is 0 Å². The average molecular weight is 230 g/mol. The van der Waals surface area contributed by atoms with Crippen LogP contribution in [0.2, 0.25) is 0 Å². The topological polar surface area (TPSA) is 29.3 Å². The predicted molar refractivity (Wildman–Crippen MR) is 72.2 cm³/mol. The van der Waals surface area contributed by atoms with Crippen LogP contribution < -0.4 is 10.6 Å². The zero-order valence-electron chi connectivity index (χ0n) is 10.4. The van der Waals surface area contributed by atoms with Crippen LogP contribution in [0.25, 0.3) is 0 Å². The van der Waals surface area contributed by atoms with Crippen LogP contribution in [-0.2, 0) is 0 Å². The molecule has 0 radical (unpaired) electrons. The largest absolute Gasteiger partial charge is 0.372 e. The zero-order chi connectivity index (χ0) is 11.7. The van der Waals surface area contributed by atoms with E-state index in [-0.39, 0.29) is 6.04 Å². The predicted octanol–water partition coefficient (Wildman–Crippen LogP) is 3.09. The van der Waals surface area contributed by atoms with E-state index in [1.54, 1.807) is 0 Å². The van der Waals surface area contributed by atoms with Crippen molar-refractivity contribution in [2.45, 2.75) is 38.1 Å². The summed E-state index contributed by atoms with van der Waals surface area (Å²) in [7, 11) is 0. The highest BCUT2D eigenvalue weighted by molar-refractivity contribution is 5.48. The van der Waals surface area contributed by atoms with Crippen molar-refractivity contribution in [2.24, 2.45) is 11.7 Å². The highest BCUT2D eigenvalue weighted by Gasteiger charge is 2.25. The molecule has 1 aliphatic heterocycles. The van der Waals surface area contributed by atoms with Gasteiger partial charge < -0.3 is 10.6 Å². The van der Waals surface area contributed by atoms with Crippen LogP contribution in [0.4, 0.5) is 5.69 Å². The van der Waals surface area contributed by atoms with Gasteiger partial charge in [0.2, 0.25) is 0 Å². The Morgan fingerprint density at radius 2 is 1.65 bits per heavy atom. The van der Waals surface area contributed by atoms with Crippen molar-refractivity contribution >= 4 is 5.69 Å². The molecule has 2 heteroatoms. The van der Waals surface area contributed by atoms with Crippen LogP contribution in [0.15, 0.2) is 24.3 Å². The van der Waals surface area contributed by atoms with Gasteiger partial charge in [0.05, 0.1) is 0 Å². The van der Waals surface area contributed by atoms with Crippen LogP contribution >= 0.6 is 0 Å². The number of benzene rings is 1. The quantitative estimate of drug-likeness (QED) is 0.864. The summed E-state index contributed by atoms with van der Waals surface area (Å²) in [6, 6.07) is 9.22. The maximum absolute atomic E-state index is 6.29. The van der Waals surface area contributed by atoms with Gasteiger partial charge in [0.25, 0.3) is 0 Å². The first-order valence-electron chi connectivity index (χ1n) is 6.95. The van der Waals surface area contributed by atoms with E-state index in [1.165, 1.54) is 56.4 Å². The minimum absolute atomic E-state index is 0.261. The summed E-state index contributed by atoms with van der Waals surface area (Å²) in [5.74, 6) is 0.729. The molecule has 1 aromatic rings. The summed E-state index contributed by atoms with van der Waals surface area (Å²) in [5.41, 5.74) is 8.98. The summed E-state index contributed by atoms with van der Waals surface area (Å²) in [5, 5.41) is 0. The molecule has 2 N–H and O–H groups in total. The maximum atomic E-state index is 6.29. The van der Waals surface area contributed by atoms with Crippen molar-refractivity contribution in [1.29, 1.82) is 0 Å². The van der Waals surface area contributed by atoms with Crippen LogP contribution in [0.3, 0.4) is 0 Å². The van der Waals surface area contributed by atoms with E-state index in [2.05, 4.69) is 29.2 Å². The lowest BCUT2D eigenvalue weighted by Gasteiger charge is -2.31. The molecule has 1 aliphatic carbocycles. The molecule has 0 spiro atoms. The molecule has 2 fully saturated rings. The highest BCUT2D eigenvalue weighted by atomic mass is 15.1. The highest BCUT2D eigenvalue weighted by Crippen LogP contribution is 2.36. The Labute approximate surface area is 104 Å². The van der Waals surface area contributed by atoms with E-state index in [9.17, 15) is 0 Å². The Hall–Kier alpha value is -1.02. The van der Waals surface area contributed by atoms with Gasteiger partial charge in [0.15, 0.2) is 0 Å². The summed E-state index contributed by atoms with van der Waals surface area (Å²) in [4.78, 5) is 2.47. The molecule has 0 bridgehead atoms. The van der Waals surface area contributed by atoms with Gasteiger partial charge in [-0.05, 0) is 49.3 Å². The summed E-state index contributed by atoms with van der Waals surface area (Å²) in [6.45, 7) is 2.43. The number of anilines is 1. The molecule has 0 unspecified atom stereocenters. The van der Waals surface area contributed by atoms with Gasteiger partial charge in [-0.2, -0.15) is 0 Å². The molecule has 1 aromatic carbocycles. The fourth-order valence-electron chi connectivity index (χ4n) is 2.95. The third-order valence-electron chi connectivity index (χ3n) is 4.41. The average Bonchev–Trinajstić information content (AvgIpc) is 2.80. The minimum Gasteiger partial charge on any atom is -0.372 e. The molecule has 2 nitrogen and oxygen atoms in total. The number of nitrogens with two attached hydrogens (primary N) is 1. The van der Waals surface area contributed by atoms with E-state index in [4.69, 9.17) is 5.73 Å². The Balaban J connectivity index is 1.70. The third-order valence-corrected chi connectivity index (χ3v) is 4.41. The maximum Gasteiger partial charge on any atom is 0.0366 e. The molecule has 1 saturated heterocycles. The second-order valence-corrected chi connectivity index (χ2v) is 5.50. The van der Waals surface area contributed by atoms with Gasteiger partial charge in [0.1, 0.15) is 0 Å². The molecule has 2 aliphatic rings. The lowest BCUT2D eigenvalue weighted by Crippen LogP contribution is -2.26. The Bertz CT molecular complexity index is 361. The van der Waals surface area contributed by atoms with Crippen molar-refractivity contribution in [1.82, 2.24) is 0 Å². The number of nitrogens with zero attached hydrogens (tertiary/aromatic N) is 1. The van der Waals surface area contributed by atoms with Crippen LogP contribution in [0.1, 0.15) is 43.7 Å². The first-order chi connectivity index (χ1) is 8.34. The smallest absolute Gasteiger partial charge is 0.0366 e. The van der Waals surface area contributed by atoms with E-state index in [1.807, 2.05) is 0 Å². The van der Waals surface area contributed by atoms with Gasteiger partial charge in [-0.1, -0.05) is 18.6 Å². The molecular formula is C15H22N2. The lowest BCUT2D eigenvalue weighted by atomic mass is 9.77. The summed E-state index contributed by atoms with van der Waals surface area (Å²) in [6.07, 6.45) is 6.67. The minimum atomic E-state index is 0.261. The number of hydrogen-bond donors (Lipinski definition) is 1. The van der Waals surface area contributed by atoms with E-state index < -0.39 is 0 Å². The normalized spacial score (nSPS) is 22.5. The first-order valence-corrected chi connectivity index (χ1v) is 6.95. The molecule has 17 heavy (non-hydrogen) atoms. The van der Waals surface area contributed by atoms with Crippen molar-refractivity contribution < 1.29 is 0 Å². The fourth-order valence-corrected chi connectivity index (χ4v) is 2.95. The second-order valence-electron chi connectivity index (χ2n) is 5.50. The number of rotatable bonds is 3. The van der Waals surface area contributed by atoms with Crippen LogP contribution in [0.5, 0.6) is 0 Å². The molecule has 1 atom stereocenters. The van der Waals surface area contributed by atoms with E-state index >= 15 is 0 Å². The first kappa shape index (κ1) is 11.1. The van der Waals surface area contributed by atoms with Crippen LogP contribution in [0, 0.1) is 5.92 Å². The van der Waals surface area contributed by atoms with E-state index in [0.29, 0.717) is 0 Å².